The molecule has 2 rings (SSSR count). The molecule has 140 valence electrons. The van der Waals surface area contributed by atoms with Crippen LogP contribution in [-0.4, -0.2) is 33.2 Å². The molecule has 0 saturated heterocycles. The van der Waals surface area contributed by atoms with Gasteiger partial charge in [-0.2, -0.15) is 0 Å². The summed E-state index contributed by atoms with van der Waals surface area (Å²) in [6.07, 6.45) is 2.70. The Morgan fingerprint density at radius 1 is 1.15 bits per heavy atom. The Labute approximate surface area is 160 Å². The van der Waals surface area contributed by atoms with Crippen LogP contribution in [-0.2, 0) is 21.2 Å². The molecule has 0 aliphatic heterocycles. The summed E-state index contributed by atoms with van der Waals surface area (Å²) in [5.74, 6) is -0.344. The van der Waals surface area contributed by atoms with E-state index in [-0.39, 0.29) is 5.91 Å². The molecule has 2 aromatic rings. The summed E-state index contributed by atoms with van der Waals surface area (Å²) < 4.78 is 25.5. The zero-order valence-corrected chi connectivity index (χ0v) is 16.4. The van der Waals surface area contributed by atoms with Crippen LogP contribution in [0, 0.1) is 0 Å². The Kier molecular flexibility index (Phi) is 7.06. The van der Waals surface area contributed by atoms with Crippen molar-refractivity contribution in [3.8, 4) is 0 Å². The molecule has 0 aromatic heterocycles. The van der Waals surface area contributed by atoms with Gasteiger partial charge in [0.15, 0.2) is 0 Å². The van der Waals surface area contributed by atoms with Crippen molar-refractivity contribution in [3.63, 3.8) is 0 Å². The topological polar surface area (TPSA) is 66.5 Å². The van der Waals surface area contributed by atoms with Crippen molar-refractivity contribution in [2.75, 3.05) is 17.1 Å². The van der Waals surface area contributed by atoms with Gasteiger partial charge in [0.05, 0.1) is 11.9 Å². The van der Waals surface area contributed by atoms with Crippen LogP contribution >= 0.6 is 11.6 Å². The maximum atomic E-state index is 12.5. The van der Waals surface area contributed by atoms with Crippen LogP contribution < -0.4 is 9.62 Å². The number of anilines is 1. The van der Waals surface area contributed by atoms with Crippen LogP contribution in [0.3, 0.4) is 0 Å². The summed E-state index contributed by atoms with van der Waals surface area (Å²) in [4.78, 5) is 12.5. The number of amides is 1. The zero-order valence-electron chi connectivity index (χ0n) is 14.9. The fourth-order valence-corrected chi connectivity index (χ4v) is 4.07. The molecule has 0 saturated carbocycles. The van der Waals surface area contributed by atoms with E-state index >= 15 is 0 Å². The number of hydrogen-bond acceptors (Lipinski definition) is 3. The van der Waals surface area contributed by atoms with Gasteiger partial charge in [0.25, 0.3) is 0 Å². The Balaban J connectivity index is 1.99. The highest BCUT2D eigenvalue weighted by Gasteiger charge is 2.28. The SMILES string of the molecule is CC(C(=O)NCCCc1ccccc1)N(c1cccc(Cl)c1)S(C)(=O)=O. The molecule has 1 unspecified atom stereocenters. The monoisotopic (exact) mass is 394 g/mol. The van der Waals surface area contributed by atoms with Crippen molar-refractivity contribution in [1.29, 1.82) is 0 Å². The Morgan fingerprint density at radius 2 is 1.85 bits per heavy atom. The molecule has 0 radical (unpaired) electrons. The van der Waals surface area contributed by atoms with E-state index in [1.54, 1.807) is 25.1 Å². The summed E-state index contributed by atoms with van der Waals surface area (Å²) >= 11 is 5.96. The van der Waals surface area contributed by atoms with E-state index < -0.39 is 16.1 Å². The van der Waals surface area contributed by atoms with E-state index in [0.717, 1.165) is 23.4 Å². The van der Waals surface area contributed by atoms with Gasteiger partial charge in [0.2, 0.25) is 15.9 Å². The maximum absolute atomic E-state index is 12.5. The molecule has 0 fully saturated rings. The van der Waals surface area contributed by atoms with Gasteiger partial charge in [0, 0.05) is 11.6 Å². The molecule has 0 bridgehead atoms. The third-order valence-corrected chi connectivity index (χ3v) is 5.41. The minimum atomic E-state index is -3.64. The van der Waals surface area contributed by atoms with Crippen LogP contribution in [0.15, 0.2) is 54.6 Å². The number of nitrogens with zero attached hydrogens (tertiary/aromatic N) is 1. The molecule has 26 heavy (non-hydrogen) atoms. The van der Waals surface area contributed by atoms with Gasteiger partial charge >= 0.3 is 0 Å². The van der Waals surface area contributed by atoms with E-state index in [4.69, 9.17) is 11.6 Å². The highest BCUT2D eigenvalue weighted by atomic mass is 35.5. The van der Waals surface area contributed by atoms with Gasteiger partial charge in [-0.1, -0.05) is 48.0 Å². The molecule has 0 aliphatic carbocycles. The van der Waals surface area contributed by atoms with Crippen molar-refractivity contribution in [1.82, 2.24) is 5.32 Å². The third-order valence-electron chi connectivity index (χ3n) is 3.94. The lowest BCUT2D eigenvalue weighted by atomic mass is 10.1. The lowest BCUT2D eigenvalue weighted by Gasteiger charge is -2.28. The number of hydrogen-bond donors (Lipinski definition) is 1. The van der Waals surface area contributed by atoms with E-state index in [0.29, 0.717) is 17.3 Å². The number of carbonyl (C=O) groups excluding carboxylic acids is 1. The maximum Gasteiger partial charge on any atom is 0.243 e. The summed E-state index contributed by atoms with van der Waals surface area (Å²) in [5.41, 5.74) is 1.57. The van der Waals surface area contributed by atoms with E-state index in [1.807, 2.05) is 30.3 Å². The lowest BCUT2D eigenvalue weighted by molar-refractivity contribution is -0.121. The molecule has 1 atom stereocenters. The third kappa shape index (κ3) is 5.75. The van der Waals surface area contributed by atoms with Gasteiger partial charge < -0.3 is 5.32 Å². The quantitative estimate of drug-likeness (QED) is 0.699. The molecule has 0 aliphatic rings. The van der Waals surface area contributed by atoms with E-state index in [2.05, 4.69) is 5.32 Å². The van der Waals surface area contributed by atoms with Gasteiger partial charge in [-0.05, 0) is 43.5 Å². The second-order valence-corrected chi connectivity index (χ2v) is 8.39. The molecule has 1 amide bonds. The van der Waals surface area contributed by atoms with Crippen LogP contribution in [0.1, 0.15) is 18.9 Å². The second kappa shape index (κ2) is 9.05. The fraction of sp³-hybridized carbons (Fsp3) is 0.316. The summed E-state index contributed by atoms with van der Waals surface area (Å²) in [7, 11) is -3.64. The first-order valence-electron chi connectivity index (χ1n) is 8.35. The van der Waals surface area contributed by atoms with Crippen molar-refractivity contribution in [2.24, 2.45) is 0 Å². The van der Waals surface area contributed by atoms with Gasteiger partial charge in [-0.25, -0.2) is 8.42 Å². The fourth-order valence-electron chi connectivity index (χ4n) is 2.72. The first-order chi connectivity index (χ1) is 12.3. The van der Waals surface area contributed by atoms with E-state index in [9.17, 15) is 13.2 Å². The molecule has 0 heterocycles. The van der Waals surface area contributed by atoms with Gasteiger partial charge in [0.1, 0.15) is 6.04 Å². The average molecular weight is 395 g/mol. The molecular formula is C19H23ClN2O3S. The smallest absolute Gasteiger partial charge is 0.243 e. The highest BCUT2D eigenvalue weighted by Crippen LogP contribution is 2.24. The summed E-state index contributed by atoms with van der Waals surface area (Å²) in [5, 5.41) is 3.22. The number of aryl methyl sites for hydroxylation is 1. The second-order valence-electron chi connectivity index (χ2n) is 6.09. The van der Waals surface area contributed by atoms with Gasteiger partial charge in [-0.3, -0.25) is 9.10 Å². The minimum absolute atomic E-state index is 0.344. The number of sulfonamides is 1. The lowest BCUT2D eigenvalue weighted by Crippen LogP contribution is -2.48. The largest absolute Gasteiger partial charge is 0.354 e. The standard InChI is InChI=1S/C19H23ClN2O3S/c1-15(19(23)21-13-7-10-16-8-4-3-5-9-16)22(26(2,24)25)18-12-6-11-17(20)14-18/h3-6,8-9,11-12,14-15H,7,10,13H2,1-2H3,(H,21,23). The molecule has 1 N–H and O–H groups in total. The zero-order chi connectivity index (χ0) is 19.2. The van der Waals surface area contributed by atoms with Crippen molar-refractivity contribution in [3.05, 3.63) is 65.2 Å². The number of halogens is 1. The summed E-state index contributed by atoms with van der Waals surface area (Å²) in [6.45, 7) is 2.04. The van der Waals surface area contributed by atoms with Crippen LogP contribution in [0.5, 0.6) is 0 Å². The normalized spacial score (nSPS) is 12.4. The Morgan fingerprint density at radius 3 is 2.46 bits per heavy atom. The summed E-state index contributed by atoms with van der Waals surface area (Å²) in [6, 6.07) is 15.6. The minimum Gasteiger partial charge on any atom is -0.354 e. The molecule has 2 aromatic carbocycles. The predicted molar refractivity (Wildman–Crippen MR) is 106 cm³/mol. The average Bonchev–Trinajstić information content (AvgIpc) is 2.58. The van der Waals surface area contributed by atoms with Crippen molar-refractivity contribution < 1.29 is 13.2 Å². The van der Waals surface area contributed by atoms with Gasteiger partial charge in [-0.15, -0.1) is 0 Å². The number of carbonyl (C=O) groups is 1. The Bertz CT molecular complexity index is 841. The molecule has 5 nitrogen and oxygen atoms in total. The molecular weight excluding hydrogens is 372 g/mol. The van der Waals surface area contributed by atoms with Crippen LogP contribution in [0.2, 0.25) is 5.02 Å². The Hall–Kier alpha value is -2.05. The van der Waals surface area contributed by atoms with E-state index in [1.165, 1.54) is 11.6 Å². The molecule has 0 spiro atoms. The number of benzene rings is 2. The number of nitrogens with one attached hydrogen (secondary N) is 1. The van der Waals surface area contributed by atoms with Crippen molar-refractivity contribution >= 4 is 33.2 Å². The number of rotatable bonds is 8. The first-order valence-corrected chi connectivity index (χ1v) is 10.6. The van der Waals surface area contributed by atoms with Crippen molar-refractivity contribution in [2.45, 2.75) is 25.8 Å². The highest BCUT2D eigenvalue weighted by molar-refractivity contribution is 7.92. The first kappa shape index (κ1) is 20.3. The van der Waals surface area contributed by atoms with Crippen LogP contribution in [0.25, 0.3) is 0 Å². The predicted octanol–water partition coefficient (Wildman–Crippen LogP) is 3.24. The van der Waals surface area contributed by atoms with Crippen LogP contribution in [0.4, 0.5) is 5.69 Å². The molecule has 7 heteroatoms.